The molecule has 0 bridgehead atoms. The summed E-state index contributed by atoms with van der Waals surface area (Å²) < 4.78 is 37.5. The molecule has 0 heterocycles. The predicted octanol–water partition coefficient (Wildman–Crippen LogP) is 6.39. The summed E-state index contributed by atoms with van der Waals surface area (Å²) in [5, 5.41) is 11.2. The van der Waals surface area contributed by atoms with Crippen molar-refractivity contribution >= 4 is 23.0 Å². The highest BCUT2D eigenvalue weighted by molar-refractivity contribution is 5.94. The molecule has 172 valence electrons. The average Bonchev–Trinajstić information content (AvgIpc) is 2.81. The summed E-state index contributed by atoms with van der Waals surface area (Å²) in [5.41, 5.74) is 0.665. The molecular weight excluding hydrogens is 434 g/mol. The van der Waals surface area contributed by atoms with Crippen molar-refractivity contribution < 1.29 is 28.0 Å². The first-order valence-electron chi connectivity index (χ1n) is 10.2. The monoisotopic (exact) mass is 456 g/mol. The Balaban J connectivity index is 1.85. The van der Waals surface area contributed by atoms with Crippen LogP contribution in [0.4, 0.5) is 25.8 Å². The first-order valence-corrected chi connectivity index (χ1v) is 10.2. The van der Waals surface area contributed by atoms with Crippen molar-refractivity contribution in [3.8, 4) is 11.5 Å². The molecule has 0 radical (unpaired) electrons. The van der Waals surface area contributed by atoms with Crippen molar-refractivity contribution in [2.45, 2.75) is 19.8 Å². The van der Waals surface area contributed by atoms with E-state index in [4.69, 9.17) is 4.74 Å². The molecule has 0 aliphatic rings. The zero-order valence-corrected chi connectivity index (χ0v) is 18.1. The summed E-state index contributed by atoms with van der Waals surface area (Å²) in [6, 6.07) is 14.4. The van der Waals surface area contributed by atoms with E-state index in [2.05, 4.69) is 4.74 Å². The fraction of sp³-hybridized carbons (Fsp3) is 0.208. The first-order chi connectivity index (χ1) is 15.8. The van der Waals surface area contributed by atoms with Gasteiger partial charge in [-0.2, -0.15) is 0 Å². The molecule has 0 spiro atoms. The lowest BCUT2D eigenvalue weighted by Crippen LogP contribution is -2.18. The smallest absolute Gasteiger partial charge is 0.345 e. The second kappa shape index (κ2) is 10.5. The van der Waals surface area contributed by atoms with Gasteiger partial charge in [0.2, 0.25) is 0 Å². The van der Waals surface area contributed by atoms with E-state index in [1.165, 1.54) is 24.3 Å². The second-order valence-corrected chi connectivity index (χ2v) is 7.13. The van der Waals surface area contributed by atoms with Crippen molar-refractivity contribution in [2.75, 3.05) is 18.6 Å². The SMILES string of the molecule is CCCCN(c1ccc(Oc2ccc([N+](=O)[O-])c(C(=O)OC)c2)cc1)c1ccc(F)c(F)c1. The molecule has 0 N–H and O–H groups in total. The molecule has 0 aromatic heterocycles. The van der Waals surface area contributed by atoms with Gasteiger partial charge in [-0.1, -0.05) is 13.3 Å². The van der Waals surface area contributed by atoms with Crippen LogP contribution in [0.3, 0.4) is 0 Å². The number of carbonyl (C=O) groups is 1. The van der Waals surface area contributed by atoms with E-state index < -0.39 is 22.5 Å². The van der Waals surface area contributed by atoms with Crippen molar-refractivity contribution in [3.63, 3.8) is 0 Å². The maximum atomic E-state index is 13.8. The summed E-state index contributed by atoms with van der Waals surface area (Å²) in [6.07, 6.45) is 1.76. The molecule has 0 saturated carbocycles. The van der Waals surface area contributed by atoms with Gasteiger partial charge >= 0.3 is 5.97 Å². The minimum Gasteiger partial charge on any atom is -0.465 e. The number of hydrogen-bond donors (Lipinski definition) is 0. The Labute approximate surface area is 189 Å². The average molecular weight is 456 g/mol. The van der Waals surface area contributed by atoms with Crippen molar-refractivity contribution in [3.05, 3.63) is 88.0 Å². The summed E-state index contributed by atoms with van der Waals surface area (Å²) in [7, 11) is 1.13. The van der Waals surface area contributed by atoms with Crippen LogP contribution in [0.15, 0.2) is 60.7 Å². The number of esters is 1. The standard InChI is InChI=1S/C24H22F2N2O5/c1-3-4-13-27(17-7-11-21(25)22(26)14-17)16-5-8-18(9-6-16)33-19-10-12-23(28(30)31)20(15-19)24(29)32-2/h5-12,14-15H,3-4,13H2,1-2H3. The van der Waals surface area contributed by atoms with E-state index in [9.17, 15) is 23.7 Å². The molecule has 3 rings (SSSR count). The van der Waals surface area contributed by atoms with Crippen molar-refractivity contribution in [1.82, 2.24) is 0 Å². The lowest BCUT2D eigenvalue weighted by Gasteiger charge is -2.25. The van der Waals surface area contributed by atoms with Crippen LogP contribution < -0.4 is 9.64 Å². The Hall–Kier alpha value is -4.01. The minimum atomic E-state index is -0.923. The van der Waals surface area contributed by atoms with Crippen LogP contribution >= 0.6 is 0 Å². The highest BCUT2D eigenvalue weighted by Gasteiger charge is 2.22. The van der Waals surface area contributed by atoms with Crippen LogP contribution in [0.2, 0.25) is 0 Å². The summed E-state index contributed by atoms with van der Waals surface area (Å²) >= 11 is 0. The molecule has 9 heteroatoms. The van der Waals surface area contributed by atoms with Gasteiger partial charge in [-0.15, -0.1) is 0 Å². The summed E-state index contributed by atoms with van der Waals surface area (Å²) in [4.78, 5) is 24.2. The van der Waals surface area contributed by atoms with Gasteiger partial charge in [0.25, 0.3) is 5.69 Å². The van der Waals surface area contributed by atoms with Crippen molar-refractivity contribution in [2.24, 2.45) is 0 Å². The van der Waals surface area contributed by atoms with Crippen LogP contribution in [0.1, 0.15) is 30.1 Å². The number of nitrogens with zero attached hydrogens (tertiary/aromatic N) is 2. The van der Waals surface area contributed by atoms with Gasteiger partial charge < -0.3 is 14.4 Å². The molecule has 0 unspecified atom stereocenters. The van der Waals surface area contributed by atoms with E-state index in [1.54, 1.807) is 24.3 Å². The maximum absolute atomic E-state index is 13.8. The van der Waals surface area contributed by atoms with Gasteiger partial charge in [-0.05, 0) is 48.9 Å². The minimum absolute atomic E-state index is 0.220. The highest BCUT2D eigenvalue weighted by Crippen LogP contribution is 2.32. The molecule has 7 nitrogen and oxygen atoms in total. The molecule has 0 amide bonds. The molecular formula is C24H22F2N2O5. The van der Waals surface area contributed by atoms with Crippen LogP contribution in [0.5, 0.6) is 11.5 Å². The number of nitro groups is 1. The Morgan fingerprint density at radius 2 is 1.64 bits per heavy atom. The third-order valence-electron chi connectivity index (χ3n) is 4.90. The second-order valence-electron chi connectivity index (χ2n) is 7.13. The lowest BCUT2D eigenvalue weighted by atomic mass is 10.1. The number of unbranched alkanes of at least 4 members (excludes halogenated alkanes) is 1. The number of rotatable bonds is 9. The van der Waals surface area contributed by atoms with Crippen LogP contribution in [0.25, 0.3) is 0 Å². The van der Waals surface area contributed by atoms with Gasteiger partial charge in [-0.25, -0.2) is 13.6 Å². The van der Waals surface area contributed by atoms with E-state index in [0.717, 1.165) is 37.8 Å². The Bertz CT molecular complexity index is 1150. The zero-order chi connectivity index (χ0) is 24.0. The van der Waals surface area contributed by atoms with Gasteiger partial charge in [0.15, 0.2) is 11.6 Å². The zero-order valence-electron chi connectivity index (χ0n) is 18.1. The van der Waals surface area contributed by atoms with E-state index >= 15 is 0 Å². The van der Waals surface area contributed by atoms with E-state index in [0.29, 0.717) is 18.0 Å². The fourth-order valence-corrected chi connectivity index (χ4v) is 3.22. The number of carbonyl (C=O) groups excluding carboxylic acids is 1. The van der Waals surface area contributed by atoms with Gasteiger partial charge in [0.05, 0.1) is 12.0 Å². The molecule has 0 atom stereocenters. The number of anilines is 2. The molecule has 3 aromatic carbocycles. The largest absolute Gasteiger partial charge is 0.465 e. The van der Waals surface area contributed by atoms with Crippen LogP contribution in [-0.2, 0) is 4.74 Å². The summed E-state index contributed by atoms with van der Waals surface area (Å²) in [5.74, 6) is -2.04. The van der Waals surface area contributed by atoms with E-state index in [1.807, 2.05) is 11.8 Å². The third-order valence-corrected chi connectivity index (χ3v) is 4.90. The number of nitro benzene ring substituents is 1. The highest BCUT2D eigenvalue weighted by atomic mass is 19.2. The number of ether oxygens (including phenoxy) is 2. The number of hydrogen-bond acceptors (Lipinski definition) is 6. The van der Waals surface area contributed by atoms with Crippen LogP contribution in [-0.4, -0.2) is 24.5 Å². The van der Waals surface area contributed by atoms with Crippen molar-refractivity contribution in [1.29, 1.82) is 0 Å². The van der Waals surface area contributed by atoms with E-state index in [-0.39, 0.29) is 17.0 Å². The summed E-state index contributed by atoms with van der Waals surface area (Å²) in [6.45, 7) is 2.64. The molecule has 0 fully saturated rings. The fourth-order valence-electron chi connectivity index (χ4n) is 3.22. The number of benzene rings is 3. The first kappa shape index (κ1) is 23.6. The molecule has 33 heavy (non-hydrogen) atoms. The molecule has 0 aliphatic heterocycles. The predicted molar refractivity (Wildman–Crippen MR) is 119 cm³/mol. The maximum Gasteiger partial charge on any atom is 0.345 e. The lowest BCUT2D eigenvalue weighted by molar-refractivity contribution is -0.385. The Morgan fingerprint density at radius 3 is 2.24 bits per heavy atom. The quantitative estimate of drug-likeness (QED) is 0.211. The molecule has 0 aliphatic carbocycles. The third kappa shape index (κ3) is 5.62. The Kier molecular flexibility index (Phi) is 7.55. The molecule has 0 saturated heterocycles. The Morgan fingerprint density at radius 1 is 0.970 bits per heavy atom. The number of halogens is 2. The number of methoxy groups -OCH3 is 1. The van der Waals surface area contributed by atoms with Crippen LogP contribution in [0, 0.1) is 21.7 Å². The topological polar surface area (TPSA) is 81.9 Å². The van der Waals surface area contributed by atoms with Gasteiger partial charge in [0.1, 0.15) is 17.1 Å². The van der Waals surface area contributed by atoms with Gasteiger partial charge in [-0.3, -0.25) is 10.1 Å². The van der Waals surface area contributed by atoms with Gasteiger partial charge in [0, 0.05) is 36.1 Å². The molecule has 3 aromatic rings. The normalized spacial score (nSPS) is 10.5.